The number of carbonyl (C=O) groups is 2. The topological polar surface area (TPSA) is 71.1 Å². The van der Waals surface area contributed by atoms with Crippen LogP contribution in [0, 0.1) is 0 Å². The van der Waals surface area contributed by atoms with E-state index < -0.39 is 34.3 Å². The van der Waals surface area contributed by atoms with E-state index in [9.17, 15) is 9.59 Å². The van der Waals surface area contributed by atoms with Crippen molar-refractivity contribution in [2.45, 2.75) is 105 Å². The van der Waals surface area contributed by atoms with Gasteiger partial charge in [-0.3, -0.25) is 0 Å². The Bertz CT molecular complexity index is 1190. The van der Waals surface area contributed by atoms with E-state index in [2.05, 4.69) is 13.2 Å². The molecule has 0 amide bonds. The van der Waals surface area contributed by atoms with E-state index in [4.69, 9.17) is 18.9 Å². The molecule has 0 heterocycles. The Hall–Kier alpha value is -3.54. The van der Waals surface area contributed by atoms with Crippen LogP contribution in [0.5, 0.6) is 11.5 Å². The molecule has 0 aromatic heterocycles. The van der Waals surface area contributed by atoms with Crippen molar-refractivity contribution in [3.63, 3.8) is 0 Å². The maximum Gasteiger partial charge on any atom is 0.514 e. The lowest BCUT2D eigenvalue weighted by atomic mass is 9.80. The molecule has 0 radical (unpaired) electrons. The molecule has 0 atom stereocenters. The van der Waals surface area contributed by atoms with Gasteiger partial charge in [-0.05, 0) is 87.8 Å². The van der Waals surface area contributed by atoms with E-state index >= 15 is 0 Å². The van der Waals surface area contributed by atoms with Crippen LogP contribution in [0.1, 0.15) is 105 Å². The lowest BCUT2D eigenvalue weighted by molar-refractivity contribution is 0.0187. The minimum Gasteiger partial charge on any atom is -0.428 e. The molecule has 2 aromatic rings. The maximum absolute atomic E-state index is 13.0. The Kier molecular flexibility index (Phi) is 9.41. The fraction of sp³-hybridized carbons (Fsp3) is 0.471. The van der Waals surface area contributed by atoms with Crippen LogP contribution in [0.2, 0.25) is 0 Å². The quantitative estimate of drug-likeness (QED) is 0.272. The summed E-state index contributed by atoms with van der Waals surface area (Å²) in [5, 5.41) is 0. The van der Waals surface area contributed by atoms with Gasteiger partial charge < -0.3 is 18.9 Å². The summed E-state index contributed by atoms with van der Waals surface area (Å²) in [5.41, 5.74) is 1.84. The zero-order valence-electron chi connectivity index (χ0n) is 26.3. The standard InChI is InChI=1S/C34H46O6/c1-15-21-17-23(27(25(19-21)31(3,4)5)37-29(35)39-33(9,10)11)24-18-22(16-2)20-26(32(6,7)8)28(24)38-30(36)40-34(12,13)14/h15-20H,1-2H2,3-14H3. The first-order valence-electron chi connectivity index (χ1n) is 13.5. The van der Waals surface area contributed by atoms with Gasteiger partial charge in [0.05, 0.1) is 0 Å². The third kappa shape index (κ3) is 8.73. The van der Waals surface area contributed by atoms with E-state index in [1.807, 2.05) is 65.8 Å². The van der Waals surface area contributed by atoms with Crippen LogP contribution in [-0.2, 0) is 20.3 Å². The van der Waals surface area contributed by atoms with Crippen LogP contribution in [-0.4, -0.2) is 23.5 Å². The number of benzene rings is 2. The van der Waals surface area contributed by atoms with Crippen LogP contribution in [0.4, 0.5) is 9.59 Å². The van der Waals surface area contributed by atoms with Crippen molar-refractivity contribution in [3.05, 3.63) is 59.7 Å². The molecule has 40 heavy (non-hydrogen) atoms. The van der Waals surface area contributed by atoms with Crippen LogP contribution in [0.3, 0.4) is 0 Å². The third-order valence-corrected chi connectivity index (χ3v) is 5.75. The Morgan fingerprint density at radius 2 is 0.875 bits per heavy atom. The van der Waals surface area contributed by atoms with E-state index in [-0.39, 0.29) is 0 Å². The van der Waals surface area contributed by atoms with Crippen molar-refractivity contribution in [3.8, 4) is 22.6 Å². The number of rotatable bonds is 5. The van der Waals surface area contributed by atoms with Gasteiger partial charge >= 0.3 is 12.3 Å². The van der Waals surface area contributed by atoms with E-state index in [0.717, 1.165) is 22.3 Å². The summed E-state index contributed by atoms with van der Waals surface area (Å²) in [5.74, 6) is 0.616. The van der Waals surface area contributed by atoms with Gasteiger partial charge in [-0.2, -0.15) is 0 Å². The molecule has 218 valence electrons. The molecular formula is C34H46O6. The van der Waals surface area contributed by atoms with Crippen LogP contribution in [0.25, 0.3) is 23.3 Å². The highest BCUT2D eigenvalue weighted by Crippen LogP contribution is 2.47. The summed E-state index contributed by atoms with van der Waals surface area (Å²) in [6.07, 6.45) is 1.78. The van der Waals surface area contributed by atoms with E-state index in [0.29, 0.717) is 22.6 Å². The SMILES string of the molecule is C=Cc1cc(-c2cc(C=C)cc(C(C)(C)C)c2OC(=O)OC(C)(C)C)c(OC(=O)OC(C)(C)C)c(C(C)(C)C)c1. The summed E-state index contributed by atoms with van der Waals surface area (Å²) in [4.78, 5) is 26.1. The molecule has 0 aliphatic carbocycles. The van der Waals surface area contributed by atoms with Crippen molar-refractivity contribution in [1.82, 2.24) is 0 Å². The number of hydrogen-bond acceptors (Lipinski definition) is 6. The molecule has 0 spiro atoms. The van der Waals surface area contributed by atoms with Crippen molar-refractivity contribution in [2.75, 3.05) is 0 Å². The number of carbonyl (C=O) groups excluding carboxylic acids is 2. The predicted molar refractivity (Wildman–Crippen MR) is 163 cm³/mol. The molecule has 2 aromatic carbocycles. The molecular weight excluding hydrogens is 504 g/mol. The minimum absolute atomic E-state index is 0.308. The Labute approximate surface area is 240 Å². The zero-order valence-corrected chi connectivity index (χ0v) is 26.3. The molecule has 0 unspecified atom stereocenters. The Morgan fingerprint density at radius 1 is 0.575 bits per heavy atom. The maximum atomic E-state index is 13.0. The Morgan fingerprint density at radius 3 is 1.10 bits per heavy atom. The summed E-state index contributed by atoms with van der Waals surface area (Å²) in [6.45, 7) is 30.8. The average molecular weight is 551 g/mol. The summed E-state index contributed by atoms with van der Waals surface area (Å²) in [7, 11) is 0. The summed E-state index contributed by atoms with van der Waals surface area (Å²) < 4.78 is 23.0. The van der Waals surface area contributed by atoms with Gasteiger partial charge in [0.15, 0.2) is 0 Å². The van der Waals surface area contributed by atoms with Gasteiger partial charge in [0.25, 0.3) is 0 Å². The molecule has 6 heteroatoms. The van der Waals surface area contributed by atoms with Gasteiger partial charge in [-0.25, -0.2) is 9.59 Å². The lowest BCUT2D eigenvalue weighted by Crippen LogP contribution is -2.27. The summed E-state index contributed by atoms with van der Waals surface area (Å²) in [6, 6.07) is 7.59. The van der Waals surface area contributed by atoms with Crippen molar-refractivity contribution < 1.29 is 28.5 Å². The van der Waals surface area contributed by atoms with Gasteiger partial charge in [-0.1, -0.05) is 66.9 Å². The van der Waals surface area contributed by atoms with Gasteiger partial charge in [0, 0.05) is 22.3 Å². The highest BCUT2D eigenvalue weighted by molar-refractivity contribution is 5.86. The second-order valence-electron chi connectivity index (χ2n) is 13.9. The normalized spacial score (nSPS) is 12.4. The van der Waals surface area contributed by atoms with Crippen molar-refractivity contribution in [2.24, 2.45) is 0 Å². The molecule has 0 aliphatic heterocycles. The zero-order chi connectivity index (χ0) is 30.8. The van der Waals surface area contributed by atoms with Gasteiger partial charge in [-0.15, -0.1) is 0 Å². The van der Waals surface area contributed by atoms with E-state index in [1.165, 1.54) is 0 Å². The second kappa shape index (κ2) is 11.5. The average Bonchev–Trinajstić information content (AvgIpc) is 2.75. The van der Waals surface area contributed by atoms with Crippen LogP contribution in [0.15, 0.2) is 37.4 Å². The van der Waals surface area contributed by atoms with Gasteiger partial charge in [0.1, 0.15) is 22.7 Å². The minimum atomic E-state index is -0.837. The number of ether oxygens (including phenoxy) is 4. The predicted octanol–water partition coefficient (Wildman–Crippen LogP) is 9.86. The fourth-order valence-electron chi connectivity index (χ4n) is 3.98. The first-order valence-corrected chi connectivity index (χ1v) is 13.5. The Balaban J connectivity index is 3.05. The smallest absolute Gasteiger partial charge is 0.428 e. The largest absolute Gasteiger partial charge is 0.514 e. The lowest BCUT2D eigenvalue weighted by Gasteiger charge is -2.29. The molecule has 0 bridgehead atoms. The van der Waals surface area contributed by atoms with E-state index in [1.54, 1.807) is 53.7 Å². The fourth-order valence-corrected chi connectivity index (χ4v) is 3.98. The van der Waals surface area contributed by atoms with Crippen LogP contribution < -0.4 is 9.47 Å². The third-order valence-electron chi connectivity index (χ3n) is 5.75. The molecule has 0 N–H and O–H groups in total. The van der Waals surface area contributed by atoms with Gasteiger partial charge in [0.2, 0.25) is 0 Å². The highest BCUT2D eigenvalue weighted by Gasteiger charge is 2.32. The van der Waals surface area contributed by atoms with Crippen molar-refractivity contribution >= 4 is 24.5 Å². The molecule has 0 saturated carbocycles. The molecule has 0 fully saturated rings. The number of hydrogen-bond donors (Lipinski definition) is 0. The first-order chi connectivity index (χ1) is 18.1. The van der Waals surface area contributed by atoms with Crippen LogP contribution >= 0.6 is 0 Å². The highest BCUT2D eigenvalue weighted by atomic mass is 16.7. The molecule has 0 aliphatic rings. The monoisotopic (exact) mass is 550 g/mol. The second-order valence-corrected chi connectivity index (χ2v) is 13.9. The van der Waals surface area contributed by atoms with Crippen molar-refractivity contribution in [1.29, 1.82) is 0 Å². The molecule has 6 nitrogen and oxygen atoms in total. The first kappa shape index (κ1) is 32.7. The molecule has 0 saturated heterocycles. The molecule has 2 rings (SSSR count). The summed E-state index contributed by atoms with van der Waals surface area (Å²) >= 11 is 0.